The van der Waals surface area contributed by atoms with E-state index in [9.17, 15) is 91.9 Å². The van der Waals surface area contributed by atoms with Crippen LogP contribution in [-0.4, -0.2) is 315 Å². The van der Waals surface area contributed by atoms with Crippen molar-refractivity contribution in [2.75, 3.05) is 26.4 Å². The second-order valence-corrected chi connectivity index (χ2v) is 31.9. The van der Waals surface area contributed by atoms with Gasteiger partial charge < -0.3 is 149 Å². The minimum absolute atomic E-state index is 0.0648. The molecule has 6 heterocycles. The van der Waals surface area contributed by atoms with E-state index in [4.69, 9.17) is 56.8 Å². The number of carbonyl (C=O) groups excluding carboxylic acids is 1. The summed E-state index contributed by atoms with van der Waals surface area (Å²) in [6, 6.07) is 0. The van der Waals surface area contributed by atoms with Crippen molar-refractivity contribution >= 4 is 5.97 Å². The fraction of sp³-hybridized carbons (Fsp3) is 0.955. The molecule has 0 aromatic rings. The van der Waals surface area contributed by atoms with Gasteiger partial charge in [-0.2, -0.15) is 0 Å². The standard InChI is InChI=1S/C66H108O31/c1-25-36(70)41(75)45(79)55(88-25)95-52-37(71)26(2)87-54(49(52)83)86-24-32-39(73)43(77)47(81)58(92-32)94-51-31(23-69)91-56(48(82)44(51)78)93-35-13-14-63(7)33(62(35,5)6)12-15-65(9)34(63)11-10-27-28-20-61(3,4)16-18-66(28,19-17-64(27,65)8)60(85)97-59-50(84)53(40(74)30(22-68)90-59)96-57-46(80)42(76)38(72)29(21-67)89-57/h10,25-26,28-59,67-84H,11-24H2,1-9H3/t25-,26-,28-,29+,30+,31+,32+,33-,34+,35-,36-,37-,38+,39-,40+,41+,42-,43-,44+,45-,46+,47+,48+,49-,50+,51+,52+,53-,54+,55-,56-,57-,58-,59-,63-,64+,65+,66-/m0/s1. The number of aliphatic hydroxyl groups excluding tert-OH is 18. The largest absolute Gasteiger partial charge is 0.432 e. The minimum Gasteiger partial charge on any atom is -0.432 e. The third-order valence-electron chi connectivity index (χ3n) is 25.6. The van der Waals surface area contributed by atoms with Crippen LogP contribution in [0.15, 0.2) is 11.6 Å². The Hall–Kier alpha value is -1.95. The lowest BCUT2D eigenvalue weighted by Gasteiger charge is -2.71. The van der Waals surface area contributed by atoms with Crippen molar-refractivity contribution < 1.29 is 154 Å². The summed E-state index contributed by atoms with van der Waals surface area (Å²) >= 11 is 0. The maximum atomic E-state index is 15.3. The SMILES string of the molecule is C[C@@H]1O[C@@H](O[C@H]2[C@H](O)[C@H](OC[C@H]3O[C@@H](O[C@H]4[C@H](O)[C@@H](O)[C@H](O[C@H]5CC[C@]6(C)[C@H]7CC=C8[C@@H]9CC(C)(C)CC[C@]9(C(=O)O[C@@H]9O[C@H](CO)[C@@H](O)[C@H](O[C@@H]%10O[C@H](CO)[C@@H](O)[C@H](O)[C@H]%10O)[C@H]9O)CC[C@@]8(C)[C@]7(C)CC[C@H]6C5(C)C)O[C@@H]4CO)[C@H](O)[C@@H](O)[C@H]3O)O[C@@H](C)[C@@H]2O)[C@@H](O)[C@H](O)[C@H]1O. The van der Waals surface area contributed by atoms with Crippen LogP contribution in [0.3, 0.4) is 0 Å². The molecule has 11 rings (SSSR count). The first kappa shape index (κ1) is 76.2. The van der Waals surface area contributed by atoms with Crippen LogP contribution >= 0.6 is 0 Å². The molecule has 6 aliphatic heterocycles. The Morgan fingerprint density at radius 3 is 1.57 bits per heavy atom. The van der Waals surface area contributed by atoms with E-state index in [1.165, 1.54) is 19.4 Å². The summed E-state index contributed by atoms with van der Waals surface area (Å²) in [6.45, 7) is 15.6. The van der Waals surface area contributed by atoms with Crippen molar-refractivity contribution in [3.63, 3.8) is 0 Å². The van der Waals surface area contributed by atoms with Crippen LogP contribution in [0, 0.1) is 50.2 Å². The topological polar surface area (TPSA) is 492 Å². The number of allylic oxidation sites excluding steroid dienone is 2. The molecule has 0 amide bonds. The quantitative estimate of drug-likeness (QED) is 0.0395. The van der Waals surface area contributed by atoms with Gasteiger partial charge in [0.2, 0.25) is 6.29 Å². The second-order valence-electron chi connectivity index (χ2n) is 31.9. The van der Waals surface area contributed by atoms with E-state index >= 15 is 4.79 Å². The molecule has 0 aromatic heterocycles. The lowest BCUT2D eigenvalue weighted by molar-refractivity contribution is -0.375. The first-order valence-corrected chi connectivity index (χ1v) is 34.6. The van der Waals surface area contributed by atoms with E-state index in [0.717, 1.165) is 12.8 Å². The molecule has 558 valence electrons. The van der Waals surface area contributed by atoms with Gasteiger partial charge in [-0.15, -0.1) is 0 Å². The van der Waals surface area contributed by atoms with Gasteiger partial charge in [-0.25, -0.2) is 0 Å². The molecule has 38 atom stereocenters. The average Bonchev–Trinajstić information content (AvgIpc) is 0.676. The number of hydrogen-bond donors (Lipinski definition) is 18. The molecule has 0 aromatic carbocycles. The number of aliphatic hydroxyl groups is 18. The van der Waals surface area contributed by atoms with Crippen molar-refractivity contribution in [1.82, 2.24) is 0 Å². The normalized spacial score (nSPS) is 54.5. The lowest BCUT2D eigenvalue weighted by atomic mass is 9.33. The summed E-state index contributed by atoms with van der Waals surface area (Å²) in [7, 11) is 0. The monoisotopic (exact) mass is 1400 g/mol. The average molecular weight is 1400 g/mol. The maximum absolute atomic E-state index is 15.3. The van der Waals surface area contributed by atoms with Crippen molar-refractivity contribution in [2.45, 2.75) is 317 Å². The molecule has 18 N–H and O–H groups in total. The fourth-order valence-electron chi connectivity index (χ4n) is 19.3. The molecule has 5 aliphatic carbocycles. The number of esters is 1. The van der Waals surface area contributed by atoms with Crippen LogP contribution in [0.25, 0.3) is 0 Å². The first-order chi connectivity index (χ1) is 45.4. The molecule has 31 heteroatoms. The summed E-state index contributed by atoms with van der Waals surface area (Å²) < 4.78 is 71.1. The van der Waals surface area contributed by atoms with E-state index < -0.39 is 239 Å². The molecule has 97 heavy (non-hydrogen) atoms. The van der Waals surface area contributed by atoms with E-state index in [1.54, 1.807) is 0 Å². The Balaban J connectivity index is 0.741. The van der Waals surface area contributed by atoms with Gasteiger partial charge in [0.1, 0.15) is 134 Å². The first-order valence-electron chi connectivity index (χ1n) is 34.6. The molecule has 6 saturated heterocycles. The Morgan fingerprint density at radius 1 is 0.454 bits per heavy atom. The number of carbonyl (C=O) groups is 1. The maximum Gasteiger partial charge on any atom is 0.315 e. The van der Waals surface area contributed by atoms with Crippen molar-refractivity contribution in [3.8, 4) is 0 Å². The number of hydrogen-bond acceptors (Lipinski definition) is 31. The smallest absolute Gasteiger partial charge is 0.315 e. The molecular formula is C66H108O31. The van der Waals surface area contributed by atoms with Gasteiger partial charge >= 0.3 is 5.97 Å². The molecular weight excluding hydrogens is 1290 g/mol. The summed E-state index contributed by atoms with van der Waals surface area (Å²) in [4.78, 5) is 15.3. The molecule has 31 nitrogen and oxygen atoms in total. The third kappa shape index (κ3) is 13.2. The van der Waals surface area contributed by atoms with E-state index in [1.807, 2.05) is 0 Å². The Bertz CT molecular complexity index is 2730. The highest BCUT2D eigenvalue weighted by atomic mass is 16.8. The van der Waals surface area contributed by atoms with Crippen LogP contribution < -0.4 is 0 Å². The van der Waals surface area contributed by atoms with Crippen molar-refractivity contribution in [1.29, 1.82) is 0 Å². The lowest BCUT2D eigenvalue weighted by Crippen LogP contribution is -2.67. The molecule has 0 radical (unpaired) electrons. The number of rotatable bonds is 16. The molecule has 0 spiro atoms. The van der Waals surface area contributed by atoms with E-state index in [0.29, 0.717) is 51.4 Å². The Kier molecular flexibility index (Phi) is 22.4. The fourth-order valence-corrected chi connectivity index (χ4v) is 19.3. The number of ether oxygens (including phenoxy) is 12. The molecule has 0 unspecified atom stereocenters. The van der Waals surface area contributed by atoms with Crippen LogP contribution in [0.2, 0.25) is 0 Å². The highest BCUT2D eigenvalue weighted by Gasteiger charge is 2.71. The van der Waals surface area contributed by atoms with Gasteiger partial charge in [0, 0.05) is 0 Å². The zero-order chi connectivity index (χ0) is 70.9. The van der Waals surface area contributed by atoms with Gasteiger partial charge in [-0.3, -0.25) is 4.79 Å². The highest BCUT2D eigenvalue weighted by molar-refractivity contribution is 5.79. The number of fused-ring (bicyclic) bond motifs is 7. The van der Waals surface area contributed by atoms with E-state index in [2.05, 4.69) is 54.5 Å². The second kappa shape index (κ2) is 28.5. The zero-order valence-corrected chi connectivity index (χ0v) is 56.5. The van der Waals surface area contributed by atoms with Gasteiger partial charge in [0.25, 0.3) is 0 Å². The van der Waals surface area contributed by atoms with Crippen LogP contribution in [0.4, 0.5) is 0 Å². The van der Waals surface area contributed by atoms with Crippen molar-refractivity contribution in [2.24, 2.45) is 50.2 Å². The van der Waals surface area contributed by atoms with E-state index in [-0.39, 0.29) is 34.0 Å². The molecule has 4 saturated carbocycles. The Labute approximate surface area is 563 Å². The molecule has 0 bridgehead atoms. The molecule has 10 fully saturated rings. The van der Waals surface area contributed by atoms with Gasteiger partial charge in [-0.05, 0) is 123 Å². The summed E-state index contributed by atoms with van der Waals surface area (Å²) in [5.41, 5.74) is -1.56. The van der Waals surface area contributed by atoms with Crippen LogP contribution in [0.1, 0.15) is 127 Å². The zero-order valence-electron chi connectivity index (χ0n) is 56.5. The third-order valence-corrected chi connectivity index (χ3v) is 25.6. The Morgan fingerprint density at radius 2 is 0.938 bits per heavy atom. The van der Waals surface area contributed by atoms with Gasteiger partial charge in [0.05, 0.1) is 50.2 Å². The van der Waals surface area contributed by atoms with Gasteiger partial charge in [-0.1, -0.05) is 60.1 Å². The van der Waals surface area contributed by atoms with Crippen LogP contribution in [-0.2, 0) is 61.6 Å². The summed E-state index contributed by atoms with van der Waals surface area (Å²) in [6.07, 6.45) is -41.4. The molecule has 11 aliphatic rings. The predicted octanol–water partition coefficient (Wildman–Crippen LogP) is -4.33. The predicted molar refractivity (Wildman–Crippen MR) is 325 cm³/mol. The van der Waals surface area contributed by atoms with Crippen molar-refractivity contribution in [3.05, 3.63) is 11.6 Å². The highest BCUT2D eigenvalue weighted by Crippen LogP contribution is 2.76. The van der Waals surface area contributed by atoms with Gasteiger partial charge in [0.15, 0.2) is 31.5 Å². The summed E-state index contributed by atoms with van der Waals surface area (Å²) in [5, 5.41) is 196. The van der Waals surface area contributed by atoms with Crippen LogP contribution in [0.5, 0.6) is 0 Å². The minimum atomic E-state index is -1.97. The summed E-state index contributed by atoms with van der Waals surface area (Å²) in [5.74, 6) is -0.682.